The molecule has 6 aliphatic rings. The summed E-state index contributed by atoms with van der Waals surface area (Å²) in [7, 11) is 0. The van der Waals surface area contributed by atoms with Crippen LogP contribution < -0.4 is 33.2 Å². The number of nitrogens with zero attached hydrogens (tertiary/aromatic N) is 2. The van der Waals surface area contributed by atoms with Crippen LogP contribution in [-0.4, -0.2) is 82.1 Å². The van der Waals surface area contributed by atoms with Crippen molar-refractivity contribution in [3.63, 3.8) is 0 Å². The Hall–Kier alpha value is -4.59. The van der Waals surface area contributed by atoms with E-state index in [0.717, 1.165) is 65.3 Å². The molecular formula is C40H40Cl2N2O10. The minimum Gasteiger partial charge on any atom is -0.484 e. The molecule has 0 spiro atoms. The summed E-state index contributed by atoms with van der Waals surface area (Å²) in [5.41, 5.74) is 3.43. The van der Waals surface area contributed by atoms with Gasteiger partial charge in [0.1, 0.15) is 5.75 Å². The van der Waals surface area contributed by atoms with Gasteiger partial charge in [-0.3, -0.25) is 9.69 Å². The molecule has 10 rings (SSSR count). The molecule has 4 atom stereocenters. The summed E-state index contributed by atoms with van der Waals surface area (Å²) in [5, 5.41) is 0.646. The average molecular weight is 780 g/mol. The third kappa shape index (κ3) is 7.67. The quantitative estimate of drug-likeness (QED) is 0.207. The van der Waals surface area contributed by atoms with Crippen molar-refractivity contribution in [2.24, 2.45) is 11.8 Å². The second-order valence-corrected chi connectivity index (χ2v) is 14.1. The molecule has 284 valence electrons. The van der Waals surface area contributed by atoms with Gasteiger partial charge >= 0.3 is 0 Å². The number of halogens is 2. The largest absolute Gasteiger partial charge is 0.484 e. The molecule has 0 aromatic heterocycles. The number of amides is 1. The van der Waals surface area contributed by atoms with Crippen molar-refractivity contribution in [3.05, 3.63) is 101 Å². The van der Waals surface area contributed by atoms with Gasteiger partial charge in [-0.05, 0) is 77.4 Å². The Balaban J connectivity index is 0.000000150. The Bertz CT molecular complexity index is 1890. The standard InChI is InChI=1S/C20H21ClN2O4.C20H18O6.ClH/c21-16-2-4-17(5-3-16)25-13-20(24)23-9-7-22(8-10-23)12-15-1-6-18-19(11-15)27-14-26-18;1-3-15-17(25-9-23-15)5-11(1)19-13-7-22-20(14(13)8-21-19)12-2-4-16-18(6-12)26-10-24-16;/h1-6,11H,7-10,12-14H2;1-6,13-14,19-20H,7-10H2;1H. The maximum Gasteiger partial charge on any atom is 0.260 e. The SMILES string of the molecule is Cl.O=C(COc1ccc(Cl)cc1)N1CCN(Cc2ccc3c(c2)OCO3)CC1.c1cc2c(cc1C1OCC3C(c4ccc5c(c4)OCO5)OCC13)OCO2. The van der Waals surface area contributed by atoms with Crippen molar-refractivity contribution in [3.8, 4) is 40.2 Å². The van der Waals surface area contributed by atoms with E-state index >= 15 is 0 Å². The average Bonchev–Trinajstić information content (AvgIpc) is 4.04. The molecule has 4 unspecified atom stereocenters. The second-order valence-electron chi connectivity index (χ2n) is 13.6. The molecular weight excluding hydrogens is 739 g/mol. The van der Waals surface area contributed by atoms with Gasteiger partial charge in [0, 0.05) is 49.6 Å². The van der Waals surface area contributed by atoms with Gasteiger partial charge in [0.05, 0.1) is 25.4 Å². The number of hydrogen-bond donors (Lipinski definition) is 0. The molecule has 4 aromatic rings. The number of rotatable bonds is 7. The molecule has 0 bridgehead atoms. The highest BCUT2D eigenvalue weighted by Gasteiger charge is 2.48. The summed E-state index contributed by atoms with van der Waals surface area (Å²) in [6, 6.07) is 25.2. The fourth-order valence-corrected chi connectivity index (χ4v) is 7.76. The van der Waals surface area contributed by atoms with Crippen LogP contribution in [0.2, 0.25) is 5.02 Å². The molecule has 0 radical (unpaired) electrons. The maximum absolute atomic E-state index is 12.4. The van der Waals surface area contributed by atoms with Crippen molar-refractivity contribution >= 4 is 29.9 Å². The first-order chi connectivity index (χ1) is 26.0. The van der Waals surface area contributed by atoms with Crippen molar-refractivity contribution < 1.29 is 47.4 Å². The topological polar surface area (TPSA) is 107 Å². The molecule has 0 aliphatic carbocycles. The summed E-state index contributed by atoms with van der Waals surface area (Å²) < 4.78 is 50.5. The van der Waals surface area contributed by atoms with Gasteiger partial charge in [-0.15, -0.1) is 12.4 Å². The van der Waals surface area contributed by atoms with E-state index in [1.54, 1.807) is 24.3 Å². The number of benzene rings is 4. The van der Waals surface area contributed by atoms with Crippen LogP contribution in [0.15, 0.2) is 78.9 Å². The Kier molecular flexibility index (Phi) is 10.8. The number of hydrogen-bond acceptors (Lipinski definition) is 11. The molecule has 3 saturated heterocycles. The minimum atomic E-state index is 0. The summed E-state index contributed by atoms with van der Waals surface area (Å²) in [6.07, 6.45) is 0.0435. The first kappa shape index (κ1) is 36.4. The van der Waals surface area contributed by atoms with Crippen molar-refractivity contribution in [2.45, 2.75) is 18.8 Å². The molecule has 54 heavy (non-hydrogen) atoms. The molecule has 3 fully saturated rings. The van der Waals surface area contributed by atoms with Crippen molar-refractivity contribution in [1.82, 2.24) is 9.80 Å². The van der Waals surface area contributed by atoms with Gasteiger partial charge in [-0.2, -0.15) is 0 Å². The first-order valence-corrected chi connectivity index (χ1v) is 18.2. The summed E-state index contributed by atoms with van der Waals surface area (Å²) in [6.45, 7) is 6.17. The van der Waals surface area contributed by atoms with Crippen LogP contribution in [0.1, 0.15) is 28.9 Å². The monoisotopic (exact) mass is 778 g/mol. The number of carbonyl (C=O) groups is 1. The normalized spacial score (nSPS) is 22.9. The Labute approximate surface area is 324 Å². The van der Waals surface area contributed by atoms with Gasteiger partial charge in [-0.25, -0.2) is 0 Å². The van der Waals surface area contributed by atoms with E-state index in [0.29, 0.717) is 48.9 Å². The van der Waals surface area contributed by atoms with Crippen molar-refractivity contribution in [1.29, 1.82) is 0 Å². The van der Waals surface area contributed by atoms with Crippen LogP contribution in [0.3, 0.4) is 0 Å². The van der Waals surface area contributed by atoms with E-state index in [-0.39, 0.29) is 57.5 Å². The van der Waals surface area contributed by atoms with Crippen LogP contribution in [0, 0.1) is 11.8 Å². The lowest BCUT2D eigenvalue weighted by molar-refractivity contribution is -0.135. The molecule has 1 amide bonds. The molecule has 4 aromatic carbocycles. The molecule has 0 N–H and O–H groups in total. The predicted molar refractivity (Wildman–Crippen MR) is 198 cm³/mol. The van der Waals surface area contributed by atoms with Gasteiger partial charge in [0.25, 0.3) is 5.91 Å². The van der Waals surface area contributed by atoms with Gasteiger partial charge < -0.3 is 47.5 Å². The lowest BCUT2D eigenvalue weighted by Gasteiger charge is -2.34. The van der Waals surface area contributed by atoms with Gasteiger partial charge in [-0.1, -0.05) is 29.8 Å². The molecule has 6 heterocycles. The third-order valence-corrected chi connectivity index (χ3v) is 10.7. The third-order valence-electron chi connectivity index (χ3n) is 10.5. The zero-order chi connectivity index (χ0) is 35.7. The first-order valence-electron chi connectivity index (χ1n) is 17.8. The van der Waals surface area contributed by atoms with Crippen LogP contribution in [0.5, 0.6) is 40.2 Å². The Morgan fingerprint density at radius 3 is 1.69 bits per heavy atom. The second kappa shape index (κ2) is 16.0. The lowest BCUT2D eigenvalue weighted by atomic mass is 9.85. The number of carbonyl (C=O) groups excluding carboxylic acids is 1. The van der Waals surface area contributed by atoms with E-state index in [2.05, 4.69) is 23.1 Å². The maximum atomic E-state index is 12.4. The summed E-state index contributed by atoms with van der Waals surface area (Å²) in [4.78, 5) is 16.5. The van der Waals surface area contributed by atoms with Crippen LogP contribution in [0.4, 0.5) is 0 Å². The Morgan fingerprint density at radius 2 is 1.13 bits per heavy atom. The van der Waals surface area contributed by atoms with E-state index in [1.807, 2.05) is 41.3 Å². The highest BCUT2D eigenvalue weighted by atomic mass is 35.5. The smallest absolute Gasteiger partial charge is 0.260 e. The van der Waals surface area contributed by atoms with Crippen LogP contribution >= 0.6 is 24.0 Å². The summed E-state index contributed by atoms with van der Waals surface area (Å²) >= 11 is 5.85. The van der Waals surface area contributed by atoms with Crippen LogP contribution in [-0.2, 0) is 20.8 Å². The number of fused-ring (bicyclic) bond motifs is 4. The molecule has 12 nitrogen and oxygen atoms in total. The molecule has 14 heteroatoms. The zero-order valence-corrected chi connectivity index (χ0v) is 30.9. The lowest BCUT2D eigenvalue weighted by Crippen LogP contribution is -2.49. The molecule has 6 aliphatic heterocycles. The van der Waals surface area contributed by atoms with E-state index in [9.17, 15) is 4.79 Å². The summed E-state index contributed by atoms with van der Waals surface area (Å²) in [5.74, 6) is 6.09. The minimum absolute atomic E-state index is 0. The van der Waals surface area contributed by atoms with E-state index in [4.69, 9.17) is 54.2 Å². The van der Waals surface area contributed by atoms with Gasteiger partial charge in [0.15, 0.2) is 41.1 Å². The number of piperazine rings is 1. The van der Waals surface area contributed by atoms with E-state index in [1.165, 1.54) is 5.56 Å². The van der Waals surface area contributed by atoms with E-state index < -0.39 is 0 Å². The Morgan fingerprint density at radius 1 is 0.630 bits per heavy atom. The van der Waals surface area contributed by atoms with Crippen molar-refractivity contribution in [2.75, 3.05) is 66.4 Å². The highest BCUT2D eigenvalue weighted by Crippen LogP contribution is 2.52. The fraction of sp³-hybridized carbons (Fsp3) is 0.375. The highest BCUT2D eigenvalue weighted by molar-refractivity contribution is 6.30. The molecule has 0 saturated carbocycles. The fourth-order valence-electron chi connectivity index (χ4n) is 7.63. The van der Waals surface area contributed by atoms with Gasteiger partial charge in [0.2, 0.25) is 20.4 Å². The number of ether oxygens (including phenoxy) is 9. The zero-order valence-electron chi connectivity index (χ0n) is 29.4. The van der Waals surface area contributed by atoms with Crippen LogP contribution in [0.25, 0.3) is 0 Å². The predicted octanol–water partition coefficient (Wildman–Crippen LogP) is 6.43.